The van der Waals surface area contributed by atoms with Crippen molar-refractivity contribution < 1.29 is 9.59 Å². The Balaban J connectivity index is 0.993. The van der Waals surface area contributed by atoms with E-state index in [-0.39, 0.29) is 23.8 Å². The monoisotopic (exact) mass is 452 g/mol. The summed E-state index contributed by atoms with van der Waals surface area (Å²) in [5.41, 5.74) is 2.26. The van der Waals surface area contributed by atoms with Crippen molar-refractivity contribution in [1.29, 1.82) is 0 Å². The van der Waals surface area contributed by atoms with E-state index in [0.29, 0.717) is 13.0 Å². The summed E-state index contributed by atoms with van der Waals surface area (Å²) in [5.74, 6) is 2.47. The fourth-order valence-corrected chi connectivity index (χ4v) is 7.55. The normalized spacial score (nSPS) is 27.9. The first-order valence-corrected chi connectivity index (χ1v) is 12.8. The molecule has 4 aliphatic rings. The van der Waals surface area contributed by atoms with Gasteiger partial charge in [0.25, 0.3) is 0 Å². The second kappa shape index (κ2) is 9.30. The van der Waals surface area contributed by atoms with Gasteiger partial charge in [0.05, 0.1) is 17.2 Å². The summed E-state index contributed by atoms with van der Waals surface area (Å²) in [6, 6.07) is 3.91. The Labute approximate surface area is 193 Å². The van der Waals surface area contributed by atoms with Gasteiger partial charge in [0.2, 0.25) is 11.8 Å². The maximum absolute atomic E-state index is 12.6. The third-order valence-electron chi connectivity index (χ3n) is 7.56. The predicted octanol–water partition coefficient (Wildman–Crippen LogP) is 3.98. The molecule has 0 radical (unpaired) electrons. The van der Waals surface area contributed by atoms with Crippen LogP contribution in [0.25, 0.3) is 11.3 Å². The molecule has 7 heteroatoms. The quantitative estimate of drug-likeness (QED) is 0.564. The molecule has 2 amide bonds. The third kappa shape index (κ3) is 5.03. The summed E-state index contributed by atoms with van der Waals surface area (Å²) >= 11 is 1.64. The van der Waals surface area contributed by atoms with Crippen LogP contribution >= 0.6 is 11.3 Å². The van der Waals surface area contributed by atoms with Crippen molar-refractivity contribution in [2.45, 2.75) is 57.8 Å². The maximum atomic E-state index is 12.6. The van der Waals surface area contributed by atoms with Crippen LogP contribution in [0.3, 0.4) is 0 Å². The van der Waals surface area contributed by atoms with Crippen LogP contribution in [0.2, 0.25) is 0 Å². The van der Waals surface area contributed by atoms with Crippen molar-refractivity contribution in [3.63, 3.8) is 0 Å². The number of rotatable bonds is 9. The molecule has 6 rings (SSSR count). The minimum atomic E-state index is -0.111. The molecule has 4 saturated carbocycles. The van der Waals surface area contributed by atoms with E-state index in [2.05, 4.69) is 26.0 Å². The van der Waals surface area contributed by atoms with Gasteiger partial charge in [-0.3, -0.25) is 14.6 Å². The summed E-state index contributed by atoms with van der Waals surface area (Å²) in [6.07, 6.45) is 13.6. The molecule has 0 aromatic carbocycles. The van der Waals surface area contributed by atoms with Crippen molar-refractivity contribution in [2.24, 2.45) is 23.2 Å². The van der Waals surface area contributed by atoms with Gasteiger partial charge in [-0.2, -0.15) is 0 Å². The smallest absolute Gasteiger partial charge is 0.239 e. The first-order chi connectivity index (χ1) is 15.6. The van der Waals surface area contributed by atoms with Gasteiger partial charge in [0, 0.05) is 42.7 Å². The van der Waals surface area contributed by atoms with E-state index in [1.165, 1.54) is 38.5 Å². The fraction of sp³-hybridized carbons (Fsp3) is 0.600. The van der Waals surface area contributed by atoms with E-state index in [1.807, 2.05) is 12.1 Å². The zero-order valence-corrected chi connectivity index (χ0v) is 19.3. The molecule has 0 unspecified atom stereocenters. The second-order valence-electron chi connectivity index (χ2n) is 10.2. The fourth-order valence-electron chi connectivity index (χ4n) is 6.70. The molecule has 4 aliphatic carbocycles. The first-order valence-electron chi connectivity index (χ1n) is 12.0. The van der Waals surface area contributed by atoms with Crippen LogP contribution in [-0.4, -0.2) is 34.9 Å². The second-order valence-corrected chi connectivity index (χ2v) is 11.1. The number of aryl methyl sites for hydroxylation is 1. The first kappa shape index (κ1) is 21.6. The Hall–Kier alpha value is -2.28. The number of aromatic nitrogens is 2. The van der Waals surface area contributed by atoms with Gasteiger partial charge in [0.15, 0.2) is 0 Å². The zero-order valence-electron chi connectivity index (χ0n) is 18.5. The summed E-state index contributed by atoms with van der Waals surface area (Å²) < 4.78 is 0. The van der Waals surface area contributed by atoms with E-state index in [9.17, 15) is 9.59 Å². The molecule has 6 nitrogen and oxygen atoms in total. The number of carbonyl (C=O) groups is 2. The molecule has 32 heavy (non-hydrogen) atoms. The number of nitrogens with one attached hydrogen (secondary N) is 2. The van der Waals surface area contributed by atoms with Crippen molar-refractivity contribution in [1.82, 2.24) is 20.6 Å². The van der Waals surface area contributed by atoms with Gasteiger partial charge < -0.3 is 10.6 Å². The van der Waals surface area contributed by atoms with Crippen molar-refractivity contribution in [2.75, 3.05) is 13.1 Å². The minimum absolute atomic E-state index is 0.0496. The molecule has 170 valence electrons. The number of amides is 2. The molecule has 0 saturated heterocycles. The van der Waals surface area contributed by atoms with Crippen LogP contribution in [0.4, 0.5) is 0 Å². The van der Waals surface area contributed by atoms with Crippen molar-refractivity contribution >= 4 is 23.2 Å². The molecular formula is C25H32N4O2S. The molecule has 2 aromatic heterocycles. The standard InChI is InChI=1S/C25H32N4O2S/c30-22(14-25-11-17-8-18(12-25)10-19(9-17)13-25)28-15-23(31)27-5-1-2-24-29-21(16-32-24)20-3-6-26-7-4-20/h3-4,6-7,16-19H,1-2,5,8-15H2,(H,27,31)(H,28,30). The van der Waals surface area contributed by atoms with Crippen LogP contribution < -0.4 is 10.6 Å². The van der Waals surface area contributed by atoms with E-state index in [4.69, 9.17) is 0 Å². The average molecular weight is 453 g/mol. The number of nitrogens with zero attached hydrogens (tertiary/aromatic N) is 2. The van der Waals surface area contributed by atoms with Gasteiger partial charge >= 0.3 is 0 Å². The Morgan fingerprint density at radius 2 is 1.69 bits per heavy atom. The largest absolute Gasteiger partial charge is 0.355 e. The summed E-state index contributed by atoms with van der Waals surface area (Å²) in [6.45, 7) is 0.669. The molecule has 2 N–H and O–H groups in total. The van der Waals surface area contributed by atoms with E-state index < -0.39 is 0 Å². The SMILES string of the molecule is O=C(CNC(=O)CC12CC3CC(CC(C3)C1)C2)NCCCc1nc(-c2ccncc2)cs1. The number of thiazole rings is 1. The predicted molar refractivity (Wildman–Crippen MR) is 125 cm³/mol. The molecule has 2 aromatic rings. The molecule has 2 heterocycles. The molecule has 0 spiro atoms. The summed E-state index contributed by atoms with van der Waals surface area (Å²) in [5, 5.41) is 8.92. The van der Waals surface area contributed by atoms with Gasteiger partial charge in [-0.05, 0) is 80.2 Å². The van der Waals surface area contributed by atoms with Crippen LogP contribution in [-0.2, 0) is 16.0 Å². The highest BCUT2D eigenvalue weighted by molar-refractivity contribution is 7.09. The lowest BCUT2D eigenvalue weighted by Gasteiger charge is -2.56. The zero-order chi connectivity index (χ0) is 22.0. The Kier molecular flexibility index (Phi) is 6.26. The van der Waals surface area contributed by atoms with Crippen LogP contribution in [0.15, 0.2) is 29.9 Å². The van der Waals surface area contributed by atoms with Gasteiger partial charge in [-0.1, -0.05) is 0 Å². The number of carbonyl (C=O) groups excluding carboxylic acids is 2. The highest BCUT2D eigenvalue weighted by atomic mass is 32.1. The van der Waals surface area contributed by atoms with Gasteiger partial charge in [-0.25, -0.2) is 4.98 Å². The molecule has 0 atom stereocenters. The van der Waals surface area contributed by atoms with Crippen LogP contribution in [0.5, 0.6) is 0 Å². The molecule has 4 bridgehead atoms. The minimum Gasteiger partial charge on any atom is -0.355 e. The van der Waals surface area contributed by atoms with Crippen LogP contribution in [0, 0.1) is 23.2 Å². The lowest BCUT2D eigenvalue weighted by molar-refractivity contribution is -0.131. The van der Waals surface area contributed by atoms with Gasteiger partial charge in [-0.15, -0.1) is 11.3 Å². The third-order valence-corrected chi connectivity index (χ3v) is 8.47. The van der Waals surface area contributed by atoms with Gasteiger partial charge in [0.1, 0.15) is 0 Å². The maximum Gasteiger partial charge on any atom is 0.239 e. The van der Waals surface area contributed by atoms with Crippen molar-refractivity contribution in [3.05, 3.63) is 34.9 Å². The van der Waals surface area contributed by atoms with E-state index in [0.717, 1.165) is 46.9 Å². The molecule has 4 fully saturated rings. The molecule has 0 aliphatic heterocycles. The lowest BCUT2D eigenvalue weighted by atomic mass is 9.49. The Morgan fingerprint density at radius 1 is 1.00 bits per heavy atom. The number of hydrogen-bond acceptors (Lipinski definition) is 5. The number of hydrogen-bond donors (Lipinski definition) is 2. The number of pyridine rings is 1. The Morgan fingerprint density at radius 3 is 2.38 bits per heavy atom. The summed E-state index contributed by atoms with van der Waals surface area (Å²) in [4.78, 5) is 33.4. The van der Waals surface area contributed by atoms with E-state index in [1.54, 1.807) is 23.7 Å². The topological polar surface area (TPSA) is 84.0 Å². The van der Waals surface area contributed by atoms with Crippen molar-refractivity contribution in [3.8, 4) is 11.3 Å². The Bertz CT molecular complexity index is 923. The molecular weight excluding hydrogens is 420 g/mol. The van der Waals surface area contributed by atoms with E-state index >= 15 is 0 Å². The highest BCUT2D eigenvalue weighted by Crippen LogP contribution is 2.61. The summed E-state index contributed by atoms with van der Waals surface area (Å²) in [7, 11) is 0. The van der Waals surface area contributed by atoms with Crippen LogP contribution in [0.1, 0.15) is 56.4 Å². The average Bonchev–Trinajstić information content (AvgIpc) is 3.24. The highest BCUT2D eigenvalue weighted by Gasteiger charge is 2.51. The lowest BCUT2D eigenvalue weighted by Crippen LogP contribution is -2.48.